The van der Waals surface area contributed by atoms with Crippen molar-refractivity contribution in [3.8, 4) is 0 Å². The Bertz CT molecular complexity index is 455. The van der Waals surface area contributed by atoms with Crippen LogP contribution in [0.2, 0.25) is 0 Å². The molecule has 1 fully saturated rings. The Morgan fingerprint density at radius 1 is 1.53 bits per heavy atom. The molecule has 0 bridgehead atoms. The first-order valence-corrected chi connectivity index (χ1v) is 5.53. The van der Waals surface area contributed by atoms with Gasteiger partial charge in [0.05, 0.1) is 0 Å². The lowest BCUT2D eigenvalue weighted by atomic mass is 10.2. The van der Waals surface area contributed by atoms with Gasteiger partial charge in [-0.2, -0.15) is 0 Å². The van der Waals surface area contributed by atoms with E-state index in [0.717, 1.165) is 18.5 Å². The van der Waals surface area contributed by atoms with Gasteiger partial charge in [0.15, 0.2) is 0 Å². The lowest BCUT2D eigenvalue weighted by molar-refractivity contribution is -0.137. The first-order valence-electron chi connectivity index (χ1n) is 5.53. The maximum Gasteiger partial charge on any atom is 0.323 e. The molecule has 1 aliphatic carbocycles. The van der Waals surface area contributed by atoms with Gasteiger partial charge in [-0.15, -0.1) is 0 Å². The van der Waals surface area contributed by atoms with Gasteiger partial charge in [-0.25, -0.2) is 0 Å². The van der Waals surface area contributed by atoms with Crippen LogP contribution in [0.5, 0.6) is 0 Å². The van der Waals surface area contributed by atoms with E-state index in [4.69, 9.17) is 5.11 Å². The summed E-state index contributed by atoms with van der Waals surface area (Å²) in [5.41, 5.74) is 1.26. The van der Waals surface area contributed by atoms with Crippen LogP contribution >= 0.6 is 0 Å². The quantitative estimate of drug-likeness (QED) is 0.846. The number of hydrogen-bond acceptors (Lipinski definition) is 3. The van der Waals surface area contributed by atoms with Crippen molar-refractivity contribution in [1.82, 2.24) is 9.88 Å². The second-order valence-corrected chi connectivity index (χ2v) is 4.24. The average Bonchev–Trinajstić information content (AvgIpc) is 3.08. The van der Waals surface area contributed by atoms with E-state index in [2.05, 4.69) is 4.98 Å². The topological polar surface area (TPSA) is 70.5 Å². The summed E-state index contributed by atoms with van der Waals surface area (Å²) < 4.78 is 0. The Morgan fingerprint density at radius 3 is 2.76 bits per heavy atom. The molecule has 0 unspecified atom stereocenters. The highest BCUT2D eigenvalue weighted by Crippen LogP contribution is 2.28. The monoisotopic (exact) mass is 234 g/mol. The largest absolute Gasteiger partial charge is 0.480 e. The van der Waals surface area contributed by atoms with E-state index in [1.807, 2.05) is 0 Å². The third-order valence-electron chi connectivity index (χ3n) is 2.70. The number of carbonyl (C=O) groups excluding carboxylic acids is 1. The van der Waals surface area contributed by atoms with E-state index < -0.39 is 5.97 Å². The first-order chi connectivity index (χ1) is 8.08. The molecule has 5 heteroatoms. The molecule has 0 atom stereocenters. The lowest BCUT2D eigenvalue weighted by Crippen LogP contribution is -2.37. The highest BCUT2D eigenvalue weighted by molar-refractivity contribution is 5.96. The lowest BCUT2D eigenvalue weighted by Gasteiger charge is -2.20. The Morgan fingerprint density at radius 2 is 2.24 bits per heavy atom. The molecule has 0 radical (unpaired) electrons. The molecule has 2 rings (SSSR count). The third-order valence-corrected chi connectivity index (χ3v) is 2.70. The Hall–Kier alpha value is -1.91. The van der Waals surface area contributed by atoms with E-state index in [1.165, 1.54) is 4.90 Å². The third kappa shape index (κ3) is 2.81. The molecule has 5 nitrogen and oxygen atoms in total. The maximum absolute atomic E-state index is 12.1. The maximum atomic E-state index is 12.1. The fraction of sp³-hybridized carbons (Fsp3) is 0.417. The van der Waals surface area contributed by atoms with Crippen molar-refractivity contribution in [3.05, 3.63) is 29.6 Å². The SMILES string of the molecule is Cc1cc(C(=O)N(CC(=O)O)C2CC2)ccn1. The van der Waals surface area contributed by atoms with Crippen LogP contribution in [0.25, 0.3) is 0 Å². The van der Waals surface area contributed by atoms with Crippen molar-refractivity contribution in [2.45, 2.75) is 25.8 Å². The molecule has 0 spiro atoms. The van der Waals surface area contributed by atoms with Crippen molar-refractivity contribution in [2.75, 3.05) is 6.54 Å². The molecule has 0 aliphatic heterocycles. The van der Waals surface area contributed by atoms with Gasteiger partial charge in [0.25, 0.3) is 5.91 Å². The van der Waals surface area contributed by atoms with Gasteiger partial charge in [-0.3, -0.25) is 14.6 Å². The number of aryl methyl sites for hydroxylation is 1. The van der Waals surface area contributed by atoms with Gasteiger partial charge in [0.1, 0.15) is 6.54 Å². The van der Waals surface area contributed by atoms with Crippen LogP contribution in [0.3, 0.4) is 0 Å². The Balaban J connectivity index is 2.18. The zero-order valence-electron chi connectivity index (χ0n) is 9.59. The average molecular weight is 234 g/mol. The second-order valence-electron chi connectivity index (χ2n) is 4.24. The summed E-state index contributed by atoms with van der Waals surface area (Å²) in [4.78, 5) is 28.3. The van der Waals surface area contributed by atoms with Crippen molar-refractivity contribution < 1.29 is 14.7 Å². The van der Waals surface area contributed by atoms with E-state index in [-0.39, 0.29) is 18.5 Å². The fourth-order valence-electron chi connectivity index (χ4n) is 1.74. The number of rotatable bonds is 4. The number of hydrogen-bond donors (Lipinski definition) is 1. The summed E-state index contributed by atoms with van der Waals surface area (Å²) >= 11 is 0. The molecule has 1 aromatic heterocycles. The number of aromatic nitrogens is 1. The summed E-state index contributed by atoms with van der Waals surface area (Å²) in [6.45, 7) is 1.57. The zero-order valence-corrected chi connectivity index (χ0v) is 9.59. The summed E-state index contributed by atoms with van der Waals surface area (Å²) in [5, 5.41) is 8.80. The number of aliphatic carboxylic acids is 1. The van der Waals surface area contributed by atoms with Crippen molar-refractivity contribution in [2.24, 2.45) is 0 Å². The zero-order chi connectivity index (χ0) is 12.4. The van der Waals surface area contributed by atoms with Gasteiger partial charge in [0, 0.05) is 23.5 Å². The number of carboxylic acids is 1. The van der Waals surface area contributed by atoms with Crippen molar-refractivity contribution in [3.63, 3.8) is 0 Å². The van der Waals surface area contributed by atoms with Crippen LogP contribution in [-0.2, 0) is 4.79 Å². The van der Waals surface area contributed by atoms with E-state index >= 15 is 0 Å². The normalized spacial score (nSPS) is 14.4. The van der Waals surface area contributed by atoms with Crippen LogP contribution in [0.1, 0.15) is 28.9 Å². The van der Waals surface area contributed by atoms with Crippen molar-refractivity contribution >= 4 is 11.9 Å². The number of pyridine rings is 1. The van der Waals surface area contributed by atoms with Gasteiger partial charge in [-0.1, -0.05) is 0 Å². The van der Waals surface area contributed by atoms with Crippen LogP contribution in [0, 0.1) is 6.92 Å². The van der Waals surface area contributed by atoms with Crippen LogP contribution in [-0.4, -0.2) is 39.5 Å². The Labute approximate surface area is 99.1 Å². The molecule has 1 aromatic rings. The van der Waals surface area contributed by atoms with Crippen LogP contribution in [0.4, 0.5) is 0 Å². The molecular formula is C12H14N2O3. The van der Waals surface area contributed by atoms with Gasteiger partial charge in [-0.05, 0) is 31.9 Å². The summed E-state index contributed by atoms with van der Waals surface area (Å²) in [6.07, 6.45) is 3.35. The first kappa shape index (κ1) is 11.6. The van der Waals surface area contributed by atoms with Gasteiger partial charge < -0.3 is 10.0 Å². The van der Waals surface area contributed by atoms with Gasteiger partial charge in [0.2, 0.25) is 0 Å². The van der Waals surface area contributed by atoms with Crippen LogP contribution in [0.15, 0.2) is 18.3 Å². The predicted molar refractivity (Wildman–Crippen MR) is 60.7 cm³/mol. The minimum Gasteiger partial charge on any atom is -0.480 e. The van der Waals surface area contributed by atoms with E-state index in [0.29, 0.717) is 5.56 Å². The van der Waals surface area contributed by atoms with E-state index in [1.54, 1.807) is 25.3 Å². The Kier molecular flexibility index (Phi) is 3.08. The second kappa shape index (κ2) is 4.53. The summed E-state index contributed by atoms with van der Waals surface area (Å²) in [6, 6.07) is 3.39. The number of nitrogens with zero attached hydrogens (tertiary/aromatic N) is 2. The van der Waals surface area contributed by atoms with Crippen LogP contribution < -0.4 is 0 Å². The molecule has 17 heavy (non-hydrogen) atoms. The minimum absolute atomic E-state index is 0.0899. The summed E-state index contributed by atoms with van der Waals surface area (Å²) in [7, 11) is 0. The molecule has 1 aliphatic rings. The highest BCUT2D eigenvalue weighted by atomic mass is 16.4. The van der Waals surface area contributed by atoms with Gasteiger partial charge >= 0.3 is 5.97 Å². The molecule has 1 amide bonds. The molecule has 1 saturated carbocycles. The minimum atomic E-state index is -0.976. The highest BCUT2D eigenvalue weighted by Gasteiger charge is 2.34. The molecule has 0 saturated heterocycles. The number of carboxylic acid groups (broad SMARTS) is 1. The fourth-order valence-corrected chi connectivity index (χ4v) is 1.74. The predicted octanol–water partition coefficient (Wildman–Crippen LogP) is 1.08. The van der Waals surface area contributed by atoms with E-state index in [9.17, 15) is 9.59 Å². The number of carbonyl (C=O) groups is 2. The summed E-state index contributed by atoms with van der Waals surface area (Å²) in [5.74, 6) is -1.20. The molecule has 0 aromatic carbocycles. The smallest absolute Gasteiger partial charge is 0.323 e. The standard InChI is InChI=1S/C12H14N2O3/c1-8-6-9(4-5-13-8)12(17)14(7-11(15)16)10-2-3-10/h4-6,10H,2-3,7H2,1H3,(H,15,16). The van der Waals surface area contributed by atoms with Crippen molar-refractivity contribution in [1.29, 1.82) is 0 Å². The molecule has 1 heterocycles. The molecular weight excluding hydrogens is 220 g/mol. The number of amides is 1. The molecule has 90 valence electrons. The molecule has 1 N–H and O–H groups in total.